The number of nitrogens with two attached hydrogens (primary N) is 1. The highest BCUT2D eigenvalue weighted by molar-refractivity contribution is 9.10. The number of halogens is 1. The molecule has 2 aromatic carbocycles. The largest absolute Gasteiger partial charge is 0.377 e. The topological polar surface area (TPSA) is 38.0 Å². The first-order valence-electron chi connectivity index (χ1n) is 7.39. The molecule has 112 valence electrons. The maximum absolute atomic E-state index is 5.94. The summed E-state index contributed by atoms with van der Waals surface area (Å²) >= 11 is 3.49. The number of benzene rings is 2. The van der Waals surface area contributed by atoms with Crippen molar-refractivity contribution in [2.45, 2.75) is 26.3 Å². The van der Waals surface area contributed by atoms with Gasteiger partial charge in [-0.2, -0.15) is 0 Å². The van der Waals surface area contributed by atoms with Crippen molar-refractivity contribution in [3.8, 4) is 0 Å². The lowest BCUT2D eigenvalue weighted by Crippen LogP contribution is -2.20. The Morgan fingerprint density at radius 1 is 1.10 bits per heavy atom. The molecule has 0 spiro atoms. The molecule has 21 heavy (non-hydrogen) atoms. The van der Waals surface area contributed by atoms with E-state index in [0.717, 1.165) is 16.6 Å². The number of nitrogens with one attached hydrogen (secondary N) is 1. The highest BCUT2D eigenvalue weighted by Crippen LogP contribution is 2.22. The molecular formula is C18H23BrN2. The van der Waals surface area contributed by atoms with Crippen molar-refractivity contribution >= 4 is 21.6 Å². The molecule has 0 aliphatic heterocycles. The van der Waals surface area contributed by atoms with E-state index in [0.29, 0.717) is 12.5 Å². The highest BCUT2D eigenvalue weighted by Gasteiger charge is 2.10. The zero-order valence-electron chi connectivity index (χ0n) is 12.6. The highest BCUT2D eigenvalue weighted by atomic mass is 79.9. The number of hydrogen-bond donors (Lipinski definition) is 2. The average Bonchev–Trinajstić information content (AvgIpc) is 2.45. The van der Waals surface area contributed by atoms with Crippen molar-refractivity contribution in [1.29, 1.82) is 0 Å². The first kappa shape index (κ1) is 16.1. The molecule has 3 N–H and O–H groups in total. The van der Waals surface area contributed by atoms with Crippen molar-refractivity contribution in [2.75, 3.05) is 11.9 Å². The van der Waals surface area contributed by atoms with Gasteiger partial charge in [-0.15, -0.1) is 0 Å². The van der Waals surface area contributed by atoms with Gasteiger partial charge in [0, 0.05) is 16.7 Å². The van der Waals surface area contributed by atoms with E-state index in [-0.39, 0.29) is 6.04 Å². The summed E-state index contributed by atoms with van der Waals surface area (Å²) < 4.78 is 1.07. The molecule has 0 bridgehead atoms. The van der Waals surface area contributed by atoms with Crippen molar-refractivity contribution in [3.05, 3.63) is 64.1 Å². The Kier molecular flexibility index (Phi) is 5.83. The van der Waals surface area contributed by atoms with Gasteiger partial charge in [0.1, 0.15) is 0 Å². The quantitative estimate of drug-likeness (QED) is 0.791. The molecule has 3 heteroatoms. The molecule has 0 saturated carbocycles. The zero-order valence-corrected chi connectivity index (χ0v) is 14.2. The van der Waals surface area contributed by atoms with Crippen molar-refractivity contribution in [3.63, 3.8) is 0 Å². The molecule has 0 heterocycles. The van der Waals surface area contributed by atoms with E-state index in [1.807, 2.05) is 12.1 Å². The Hall–Kier alpha value is -1.32. The third-order valence-corrected chi connectivity index (χ3v) is 3.92. The van der Waals surface area contributed by atoms with Crippen LogP contribution in [0, 0.1) is 5.92 Å². The molecule has 0 fully saturated rings. The van der Waals surface area contributed by atoms with Crippen molar-refractivity contribution < 1.29 is 0 Å². The van der Waals surface area contributed by atoms with Gasteiger partial charge in [0.25, 0.3) is 0 Å². The summed E-state index contributed by atoms with van der Waals surface area (Å²) in [6, 6.07) is 17.1. The first-order valence-corrected chi connectivity index (χ1v) is 8.19. The number of anilines is 1. The first-order chi connectivity index (χ1) is 10.1. The van der Waals surface area contributed by atoms with Crippen LogP contribution in [0.5, 0.6) is 0 Å². The lowest BCUT2D eigenvalue weighted by Gasteiger charge is -2.19. The second kappa shape index (κ2) is 7.62. The number of rotatable bonds is 6. The van der Waals surface area contributed by atoms with Gasteiger partial charge in [-0.3, -0.25) is 0 Å². The maximum atomic E-state index is 5.94. The molecule has 2 aromatic rings. The molecular weight excluding hydrogens is 324 g/mol. The second-order valence-electron chi connectivity index (χ2n) is 5.78. The predicted molar refractivity (Wildman–Crippen MR) is 94.5 cm³/mol. The Bertz CT molecular complexity index is 564. The number of hydrogen-bond acceptors (Lipinski definition) is 2. The van der Waals surface area contributed by atoms with E-state index >= 15 is 0 Å². The maximum Gasteiger partial charge on any atom is 0.0636 e. The normalized spacial score (nSPS) is 12.4. The Morgan fingerprint density at radius 2 is 1.81 bits per heavy atom. The molecule has 1 unspecified atom stereocenters. The SMILES string of the molecule is CC(C)Cc1ccc(C(CN)Nc2cccc(Br)c2)cc1. The van der Waals surface area contributed by atoms with Crippen molar-refractivity contribution in [1.82, 2.24) is 0 Å². The third kappa shape index (κ3) is 4.87. The van der Waals surface area contributed by atoms with Crippen LogP contribution in [-0.4, -0.2) is 6.54 Å². The van der Waals surface area contributed by atoms with Crippen LogP contribution in [0.3, 0.4) is 0 Å². The Morgan fingerprint density at radius 3 is 2.38 bits per heavy atom. The molecule has 0 aliphatic rings. The van der Waals surface area contributed by atoms with Gasteiger partial charge in [0.05, 0.1) is 6.04 Å². The molecule has 0 aromatic heterocycles. The van der Waals surface area contributed by atoms with Gasteiger partial charge in [-0.25, -0.2) is 0 Å². The van der Waals surface area contributed by atoms with Gasteiger partial charge in [-0.05, 0) is 41.7 Å². The minimum absolute atomic E-state index is 0.132. The smallest absolute Gasteiger partial charge is 0.0636 e. The zero-order chi connectivity index (χ0) is 15.2. The molecule has 0 aliphatic carbocycles. The van der Waals surface area contributed by atoms with E-state index in [9.17, 15) is 0 Å². The predicted octanol–water partition coefficient (Wildman–Crippen LogP) is 4.76. The third-order valence-electron chi connectivity index (χ3n) is 3.43. The standard InChI is InChI=1S/C18H23BrN2/c1-13(2)10-14-6-8-15(9-7-14)18(12-20)21-17-5-3-4-16(19)11-17/h3-9,11,13,18,21H,10,12,20H2,1-2H3. The monoisotopic (exact) mass is 346 g/mol. The molecule has 1 atom stereocenters. The minimum Gasteiger partial charge on any atom is -0.377 e. The fourth-order valence-electron chi connectivity index (χ4n) is 2.42. The van der Waals surface area contributed by atoms with Crippen LogP contribution >= 0.6 is 15.9 Å². The van der Waals surface area contributed by atoms with Gasteiger partial charge in [0.15, 0.2) is 0 Å². The van der Waals surface area contributed by atoms with Crippen LogP contribution in [0.15, 0.2) is 53.0 Å². The van der Waals surface area contributed by atoms with E-state index in [1.165, 1.54) is 11.1 Å². The molecule has 2 nitrogen and oxygen atoms in total. The lowest BCUT2D eigenvalue weighted by molar-refractivity contribution is 0.647. The van der Waals surface area contributed by atoms with Crippen LogP contribution in [0.25, 0.3) is 0 Å². The minimum atomic E-state index is 0.132. The summed E-state index contributed by atoms with van der Waals surface area (Å²) in [4.78, 5) is 0. The van der Waals surface area contributed by atoms with Crippen LogP contribution < -0.4 is 11.1 Å². The second-order valence-corrected chi connectivity index (χ2v) is 6.70. The Balaban J connectivity index is 2.10. The molecule has 0 radical (unpaired) electrons. The average molecular weight is 347 g/mol. The van der Waals surface area contributed by atoms with Crippen LogP contribution in [0.2, 0.25) is 0 Å². The Labute approximate surface area is 135 Å². The van der Waals surface area contributed by atoms with Crippen molar-refractivity contribution in [2.24, 2.45) is 11.7 Å². The molecule has 0 amide bonds. The van der Waals surface area contributed by atoms with Gasteiger partial charge in [0.2, 0.25) is 0 Å². The van der Waals surface area contributed by atoms with E-state index in [2.05, 4.69) is 71.5 Å². The van der Waals surface area contributed by atoms with E-state index in [1.54, 1.807) is 0 Å². The van der Waals surface area contributed by atoms with Gasteiger partial charge < -0.3 is 11.1 Å². The van der Waals surface area contributed by atoms with Crippen LogP contribution in [-0.2, 0) is 6.42 Å². The molecule has 2 rings (SSSR count). The lowest BCUT2D eigenvalue weighted by atomic mass is 9.99. The van der Waals surface area contributed by atoms with Gasteiger partial charge >= 0.3 is 0 Å². The van der Waals surface area contributed by atoms with Crippen LogP contribution in [0.4, 0.5) is 5.69 Å². The summed E-state index contributed by atoms with van der Waals surface area (Å²) in [7, 11) is 0. The fourth-order valence-corrected chi connectivity index (χ4v) is 2.81. The van der Waals surface area contributed by atoms with E-state index in [4.69, 9.17) is 5.73 Å². The van der Waals surface area contributed by atoms with E-state index < -0.39 is 0 Å². The summed E-state index contributed by atoms with van der Waals surface area (Å²) in [5.74, 6) is 0.681. The van der Waals surface area contributed by atoms with Crippen LogP contribution in [0.1, 0.15) is 31.0 Å². The molecule has 0 saturated heterocycles. The fraction of sp³-hybridized carbons (Fsp3) is 0.333. The summed E-state index contributed by atoms with van der Waals surface area (Å²) in [6.45, 7) is 5.05. The summed E-state index contributed by atoms with van der Waals surface area (Å²) in [5, 5.41) is 3.49. The van der Waals surface area contributed by atoms with Gasteiger partial charge in [-0.1, -0.05) is 60.1 Å². The summed E-state index contributed by atoms with van der Waals surface area (Å²) in [6.07, 6.45) is 1.12. The summed E-state index contributed by atoms with van der Waals surface area (Å²) in [5.41, 5.74) is 9.62.